The largest absolute Gasteiger partial charge is 1.00 e. The van der Waals surface area contributed by atoms with E-state index in [1.165, 1.54) is 28.2 Å². The minimum absolute atomic E-state index is 0. The third-order valence-electron chi connectivity index (χ3n) is 10.4. The molecule has 3 amide bonds. The number of aliphatic carboxylic acids is 2. The summed E-state index contributed by atoms with van der Waals surface area (Å²) in [6.45, 7) is 6.36. The number of carbonyl (C=O) groups excluding carboxylic acids is 5. The Morgan fingerprint density at radius 2 is 1.89 bits per heavy atom. The standard InChI is InChI=1S/C34H39ClN8O11S2.Na/c1-14-16(12-43(7-4-5-8-43)9-6-37-27(47)15-11-38-17-10-19(44)26(46)21(35)20(17)25(15)45)24(31(50)51)42-29(49)23(30(42)56-14)40-28(48)22(18-13-55-33(36)39-18)41-54-34(2,3)32(52)53;/h10-11,13-14,16,23-24,30H,4-9,12H2,1-3H3,(H8-,36,37,38,39,40,41,44,45,46,47,48,50,51,52,53);/q;+1/p-1/t14-,16?,23+,24?,30+;/m0./s1. The normalized spacial score (nSPS) is 22.9. The van der Waals surface area contributed by atoms with E-state index in [0.717, 1.165) is 44.1 Å². The third kappa shape index (κ3) is 8.55. The number of nitrogens with two attached hydrogens (primary N) is 1. The van der Waals surface area contributed by atoms with E-state index in [-0.39, 0.29) is 68.6 Å². The van der Waals surface area contributed by atoms with Crippen LogP contribution in [0.4, 0.5) is 5.13 Å². The van der Waals surface area contributed by atoms with Gasteiger partial charge in [-0.15, -0.1) is 23.1 Å². The topological polar surface area (TPSA) is 293 Å². The van der Waals surface area contributed by atoms with Crippen molar-refractivity contribution in [2.24, 2.45) is 11.1 Å². The monoisotopic (exact) mass is 856 g/mol. The first kappa shape index (κ1) is 44.0. The number of aromatic hydroxyl groups is 2. The molecule has 5 atom stereocenters. The first-order valence-corrected chi connectivity index (χ1v) is 19.6. The Kier molecular flexibility index (Phi) is 13.1. The Balaban J connectivity index is 0.00000620. The zero-order valence-electron chi connectivity index (χ0n) is 31.2. The van der Waals surface area contributed by atoms with Crippen LogP contribution in [0.1, 0.15) is 49.7 Å². The van der Waals surface area contributed by atoms with Crippen molar-refractivity contribution in [3.63, 3.8) is 0 Å². The van der Waals surface area contributed by atoms with Crippen molar-refractivity contribution in [2.75, 3.05) is 38.5 Å². The molecule has 300 valence electrons. The molecule has 3 fully saturated rings. The van der Waals surface area contributed by atoms with Gasteiger partial charge in [0.2, 0.25) is 11.3 Å². The van der Waals surface area contributed by atoms with Crippen molar-refractivity contribution in [2.45, 2.75) is 61.9 Å². The minimum Gasteiger partial charge on any atom is -0.548 e. The second-order valence-corrected chi connectivity index (χ2v) is 17.2. The number of nitrogens with zero attached hydrogens (tertiary/aromatic N) is 4. The molecule has 3 aliphatic heterocycles. The Labute approximate surface area is 359 Å². The second kappa shape index (κ2) is 17.0. The van der Waals surface area contributed by atoms with Gasteiger partial charge >= 0.3 is 29.6 Å². The number of hydrogen-bond acceptors (Lipinski definition) is 16. The average Bonchev–Trinajstić information content (AvgIpc) is 3.79. The molecule has 7 N–H and O–H groups in total. The second-order valence-electron chi connectivity index (χ2n) is 14.4. The number of β-lactam (4-membered cyclic amide) rings is 1. The van der Waals surface area contributed by atoms with Crippen LogP contribution in [0.2, 0.25) is 5.02 Å². The van der Waals surface area contributed by atoms with Gasteiger partial charge in [-0.2, -0.15) is 0 Å². The number of nitrogens with one attached hydrogen (secondary N) is 3. The summed E-state index contributed by atoms with van der Waals surface area (Å²) in [6.07, 6.45) is 2.87. The number of pyridine rings is 1. The van der Waals surface area contributed by atoms with Gasteiger partial charge in [-0.05, 0) is 13.8 Å². The third-order valence-corrected chi connectivity index (χ3v) is 13.0. The van der Waals surface area contributed by atoms with E-state index in [4.69, 9.17) is 22.2 Å². The fourth-order valence-electron chi connectivity index (χ4n) is 7.32. The van der Waals surface area contributed by atoms with Gasteiger partial charge in [-0.1, -0.05) is 23.7 Å². The van der Waals surface area contributed by atoms with Gasteiger partial charge in [0, 0.05) is 41.7 Å². The summed E-state index contributed by atoms with van der Waals surface area (Å²) in [6, 6.07) is -1.39. The van der Waals surface area contributed by atoms with Crippen LogP contribution >= 0.6 is 34.7 Å². The van der Waals surface area contributed by atoms with E-state index in [0.29, 0.717) is 30.7 Å². The number of amides is 3. The van der Waals surface area contributed by atoms with Crippen LogP contribution < -0.4 is 61.6 Å². The predicted octanol–water partition coefficient (Wildman–Crippen LogP) is -4.55. The zero-order chi connectivity index (χ0) is 40.9. The Morgan fingerprint density at radius 3 is 2.51 bits per heavy atom. The fraction of sp³-hybridized carbons (Fsp3) is 0.471. The van der Waals surface area contributed by atoms with Crippen molar-refractivity contribution in [3.8, 4) is 11.5 Å². The molecular weight excluding hydrogens is 819 g/mol. The van der Waals surface area contributed by atoms with Crippen molar-refractivity contribution in [3.05, 3.63) is 44.1 Å². The number of phenolic OH excluding ortho intramolecular Hbond substituents is 2. The Bertz CT molecular complexity index is 2210. The molecule has 2 aromatic heterocycles. The number of hydrogen-bond donors (Lipinski definition) is 6. The van der Waals surface area contributed by atoms with Crippen LogP contribution in [0.15, 0.2) is 27.6 Å². The van der Waals surface area contributed by atoms with Gasteiger partial charge in [0.1, 0.15) is 22.7 Å². The number of thioether (sulfide) groups is 1. The van der Waals surface area contributed by atoms with Crippen LogP contribution in [0.3, 0.4) is 0 Å². The number of phenols is 2. The van der Waals surface area contributed by atoms with E-state index < -0.39 is 86.3 Å². The summed E-state index contributed by atoms with van der Waals surface area (Å²) in [5.41, 5.74) is 2.42. The molecule has 57 heavy (non-hydrogen) atoms. The summed E-state index contributed by atoms with van der Waals surface area (Å²) in [5, 5.41) is 53.0. The molecule has 0 bridgehead atoms. The number of oxime groups is 1. The number of carboxylic acid groups (broad SMARTS) is 2. The minimum atomic E-state index is -1.93. The number of quaternary nitrogens is 1. The molecule has 0 aliphatic carbocycles. The van der Waals surface area contributed by atoms with Crippen LogP contribution in [0.25, 0.3) is 10.9 Å². The summed E-state index contributed by atoms with van der Waals surface area (Å²) in [7, 11) is 0. The molecule has 0 spiro atoms. The van der Waals surface area contributed by atoms with Crippen LogP contribution in [0.5, 0.6) is 11.5 Å². The van der Waals surface area contributed by atoms with Crippen molar-refractivity contribution in [1.29, 1.82) is 0 Å². The smallest absolute Gasteiger partial charge is 0.548 e. The molecule has 5 heterocycles. The molecule has 23 heteroatoms. The Morgan fingerprint density at radius 1 is 1.21 bits per heavy atom. The van der Waals surface area contributed by atoms with E-state index in [2.05, 4.69) is 25.8 Å². The number of halogens is 1. The van der Waals surface area contributed by atoms with E-state index in [1.54, 1.807) is 0 Å². The van der Waals surface area contributed by atoms with Gasteiger partial charge in [0.05, 0.1) is 66.6 Å². The SMILES string of the molecule is C[C@@H]1S[C@@H]2[C@H](NC(=O)/C(=N\OC(C)(C)C(=O)[O-])c3csc(N)n3)C(=O)N2C(C(=O)[O-])C1C[N+]1(CCNC(=O)c2c[nH]c3cc(O)c(O)c(Cl)c3c2=O)CCCC1.[Na+]. The number of nitrogen functional groups attached to an aromatic ring is 1. The number of rotatable bonds is 13. The van der Waals surface area contributed by atoms with Gasteiger partial charge in [0.15, 0.2) is 27.9 Å². The number of thiazole rings is 1. The quantitative estimate of drug-likeness (QED) is 0.0236. The number of aromatic nitrogens is 2. The summed E-state index contributed by atoms with van der Waals surface area (Å²) in [5.74, 6) is -7.17. The zero-order valence-corrected chi connectivity index (χ0v) is 35.6. The summed E-state index contributed by atoms with van der Waals surface area (Å²) in [4.78, 5) is 90.8. The average molecular weight is 857 g/mol. The predicted molar refractivity (Wildman–Crippen MR) is 199 cm³/mol. The summed E-state index contributed by atoms with van der Waals surface area (Å²) < 4.78 is 0.429. The van der Waals surface area contributed by atoms with E-state index in [1.807, 2.05) is 6.92 Å². The number of carbonyl (C=O) groups is 5. The molecular formula is C34H38ClN8NaO11S2. The number of likely N-dealkylation sites (tertiary alicyclic amines) is 1. The summed E-state index contributed by atoms with van der Waals surface area (Å²) >= 11 is 8.40. The van der Waals surface area contributed by atoms with Crippen LogP contribution in [-0.4, -0.2) is 126 Å². The number of anilines is 1. The molecule has 1 aromatic carbocycles. The Hall–Kier alpha value is -4.12. The van der Waals surface area contributed by atoms with Crippen LogP contribution in [-0.2, 0) is 24.0 Å². The van der Waals surface area contributed by atoms with Crippen LogP contribution in [0, 0.1) is 5.92 Å². The molecule has 0 radical (unpaired) electrons. The number of benzene rings is 1. The number of fused-ring (bicyclic) bond motifs is 2. The first-order valence-electron chi connectivity index (χ1n) is 17.4. The number of carboxylic acids is 2. The molecule has 3 saturated heterocycles. The maximum Gasteiger partial charge on any atom is 1.00 e. The van der Waals surface area contributed by atoms with Crippen molar-refractivity contribution in [1.82, 2.24) is 25.5 Å². The number of aromatic amines is 1. The van der Waals surface area contributed by atoms with Gasteiger partial charge in [-0.3, -0.25) is 19.2 Å². The first-order chi connectivity index (χ1) is 26.4. The molecule has 6 rings (SSSR count). The number of H-pyrrole nitrogens is 1. The molecule has 0 saturated carbocycles. The fourth-order valence-corrected chi connectivity index (χ4v) is 9.74. The van der Waals surface area contributed by atoms with E-state index in [9.17, 15) is 49.2 Å². The van der Waals surface area contributed by atoms with Crippen molar-refractivity contribution < 1.29 is 83.3 Å². The van der Waals surface area contributed by atoms with Gasteiger partial charge < -0.3 is 65.6 Å². The molecule has 3 aliphatic rings. The van der Waals surface area contributed by atoms with Crippen molar-refractivity contribution >= 4 is 86.1 Å². The van der Waals surface area contributed by atoms with Gasteiger partial charge in [-0.25, -0.2) is 4.98 Å². The molecule has 3 aromatic rings. The van der Waals surface area contributed by atoms with Gasteiger partial charge in [0.25, 0.3) is 11.8 Å². The maximum absolute atomic E-state index is 13.6. The molecule has 19 nitrogen and oxygen atoms in total. The molecule has 2 unspecified atom stereocenters. The van der Waals surface area contributed by atoms with E-state index >= 15 is 0 Å². The maximum atomic E-state index is 13.6.